The number of allylic oxidation sites excluding steroid dienone is 1. The number of halogens is 1. The van der Waals surface area contributed by atoms with Crippen molar-refractivity contribution in [3.8, 4) is 0 Å². The smallest absolute Gasteiger partial charge is 0.162 e. The van der Waals surface area contributed by atoms with Crippen LogP contribution in [0.4, 0.5) is 0 Å². The van der Waals surface area contributed by atoms with Gasteiger partial charge in [-0.05, 0) is 54.9 Å². The molecule has 0 N–H and O–H groups in total. The van der Waals surface area contributed by atoms with E-state index in [4.69, 9.17) is 0 Å². The van der Waals surface area contributed by atoms with E-state index in [-0.39, 0.29) is 0 Å². The van der Waals surface area contributed by atoms with E-state index >= 15 is 0 Å². The van der Waals surface area contributed by atoms with Crippen LogP contribution in [0.1, 0.15) is 44.1 Å². The van der Waals surface area contributed by atoms with Gasteiger partial charge in [0.2, 0.25) is 0 Å². The van der Waals surface area contributed by atoms with Crippen LogP contribution in [0.25, 0.3) is 6.08 Å². The average Bonchev–Trinajstić information content (AvgIpc) is 3.03. The lowest BCUT2D eigenvalue weighted by atomic mass is 9.88. The molecule has 0 bridgehead atoms. The molecule has 2 aliphatic carbocycles. The lowest BCUT2D eigenvalue weighted by Crippen LogP contribution is -2.16. The third-order valence-electron chi connectivity index (χ3n) is 4.58. The van der Waals surface area contributed by atoms with Crippen LogP contribution in [0.15, 0.2) is 34.3 Å². The van der Waals surface area contributed by atoms with Crippen molar-refractivity contribution >= 4 is 27.8 Å². The van der Waals surface area contributed by atoms with Crippen molar-refractivity contribution in [3.63, 3.8) is 0 Å². The van der Waals surface area contributed by atoms with E-state index in [0.717, 1.165) is 28.5 Å². The Morgan fingerprint density at radius 1 is 1.11 bits per heavy atom. The summed E-state index contributed by atoms with van der Waals surface area (Å²) >= 11 is 3.55. The summed E-state index contributed by atoms with van der Waals surface area (Å²) in [5.41, 5.74) is 2.15. The summed E-state index contributed by atoms with van der Waals surface area (Å²) in [4.78, 5) is 12.5. The maximum atomic E-state index is 12.5. The van der Waals surface area contributed by atoms with Crippen LogP contribution >= 0.6 is 15.9 Å². The fourth-order valence-corrected chi connectivity index (χ4v) is 3.94. The van der Waals surface area contributed by atoms with Crippen LogP contribution < -0.4 is 0 Å². The number of hydrogen-bond acceptors (Lipinski definition) is 1. The minimum absolute atomic E-state index is 0.316. The normalized spacial score (nSPS) is 26.5. The molecule has 2 aliphatic rings. The first-order valence-electron chi connectivity index (χ1n) is 7.25. The van der Waals surface area contributed by atoms with Crippen molar-refractivity contribution in [2.24, 2.45) is 11.8 Å². The summed E-state index contributed by atoms with van der Waals surface area (Å²) < 4.78 is 1.07. The summed E-state index contributed by atoms with van der Waals surface area (Å²) in [6, 6.07) is 8.11. The van der Waals surface area contributed by atoms with E-state index in [1.165, 1.54) is 25.7 Å². The number of carbonyl (C=O) groups excluding carboxylic acids is 1. The molecule has 0 heterocycles. The molecule has 1 aromatic rings. The number of ketones is 1. The first-order chi connectivity index (χ1) is 9.25. The number of hydrogen-bond donors (Lipinski definition) is 0. The van der Waals surface area contributed by atoms with Crippen LogP contribution in [-0.4, -0.2) is 5.78 Å². The third-order valence-corrected chi connectivity index (χ3v) is 5.30. The molecule has 0 saturated heterocycles. The Bertz CT molecular complexity index is 512. The van der Waals surface area contributed by atoms with Crippen LogP contribution in [0.3, 0.4) is 0 Å². The standard InChI is InChI=1S/C17H19BrO/c18-16-8-4-3-7-13(16)11-14-9-10-15(17(14)19)12-5-1-2-6-12/h3-4,7-8,11-12,15H,1-2,5-6,9-10H2. The van der Waals surface area contributed by atoms with Crippen molar-refractivity contribution in [1.29, 1.82) is 0 Å². The van der Waals surface area contributed by atoms with Gasteiger partial charge in [-0.15, -0.1) is 0 Å². The maximum absolute atomic E-state index is 12.5. The van der Waals surface area contributed by atoms with E-state index in [0.29, 0.717) is 17.6 Å². The number of rotatable bonds is 2. The van der Waals surface area contributed by atoms with Gasteiger partial charge in [-0.1, -0.05) is 47.0 Å². The highest BCUT2D eigenvalue weighted by atomic mass is 79.9. The van der Waals surface area contributed by atoms with Crippen LogP contribution in [0, 0.1) is 11.8 Å². The number of Topliss-reactive ketones (excluding diaryl/α,β-unsaturated/α-hetero) is 1. The van der Waals surface area contributed by atoms with E-state index < -0.39 is 0 Å². The van der Waals surface area contributed by atoms with Gasteiger partial charge < -0.3 is 0 Å². The molecule has 3 rings (SSSR count). The molecular formula is C17H19BrO. The molecule has 2 saturated carbocycles. The van der Waals surface area contributed by atoms with Gasteiger partial charge in [0.15, 0.2) is 5.78 Å². The SMILES string of the molecule is O=C1C(=Cc2ccccc2Br)CCC1C1CCCC1. The number of carbonyl (C=O) groups is 1. The first kappa shape index (κ1) is 13.1. The van der Waals surface area contributed by atoms with Crippen molar-refractivity contribution in [2.45, 2.75) is 38.5 Å². The van der Waals surface area contributed by atoms with Gasteiger partial charge in [0.05, 0.1) is 0 Å². The van der Waals surface area contributed by atoms with Gasteiger partial charge in [0, 0.05) is 10.4 Å². The highest BCUT2D eigenvalue weighted by molar-refractivity contribution is 9.10. The van der Waals surface area contributed by atoms with E-state index in [2.05, 4.69) is 28.1 Å². The van der Waals surface area contributed by atoms with Gasteiger partial charge in [-0.2, -0.15) is 0 Å². The second-order valence-corrected chi connectivity index (χ2v) is 6.60. The zero-order valence-corrected chi connectivity index (χ0v) is 12.7. The topological polar surface area (TPSA) is 17.1 Å². The minimum Gasteiger partial charge on any atom is -0.294 e. The third kappa shape index (κ3) is 2.69. The predicted octanol–water partition coefficient (Wildman–Crippen LogP) is 5.00. The molecule has 0 spiro atoms. The Hall–Kier alpha value is -0.890. The summed E-state index contributed by atoms with van der Waals surface area (Å²) in [5, 5.41) is 0. The second-order valence-electron chi connectivity index (χ2n) is 5.75. The van der Waals surface area contributed by atoms with Gasteiger partial charge in [0.1, 0.15) is 0 Å². The molecule has 1 aromatic carbocycles. The minimum atomic E-state index is 0.316. The van der Waals surface area contributed by atoms with E-state index in [9.17, 15) is 4.79 Å². The Balaban J connectivity index is 1.80. The van der Waals surface area contributed by atoms with Gasteiger partial charge in [-0.3, -0.25) is 4.79 Å². The lowest BCUT2D eigenvalue weighted by Gasteiger charge is -2.15. The molecule has 19 heavy (non-hydrogen) atoms. The zero-order chi connectivity index (χ0) is 13.2. The Morgan fingerprint density at radius 2 is 1.84 bits per heavy atom. The maximum Gasteiger partial charge on any atom is 0.162 e. The molecule has 2 heteroatoms. The molecule has 0 aliphatic heterocycles. The highest BCUT2D eigenvalue weighted by Crippen LogP contribution is 2.41. The summed E-state index contributed by atoms with van der Waals surface area (Å²) in [6.45, 7) is 0. The summed E-state index contributed by atoms with van der Waals surface area (Å²) in [5.74, 6) is 1.40. The molecule has 0 amide bonds. The zero-order valence-electron chi connectivity index (χ0n) is 11.1. The molecular weight excluding hydrogens is 300 g/mol. The fraction of sp³-hybridized carbons (Fsp3) is 0.471. The Morgan fingerprint density at radius 3 is 2.58 bits per heavy atom. The van der Waals surface area contributed by atoms with Gasteiger partial charge >= 0.3 is 0 Å². The van der Waals surface area contributed by atoms with Crippen molar-refractivity contribution in [3.05, 3.63) is 39.9 Å². The molecule has 1 unspecified atom stereocenters. The average molecular weight is 319 g/mol. The van der Waals surface area contributed by atoms with Gasteiger partial charge in [-0.25, -0.2) is 0 Å². The fourth-order valence-electron chi connectivity index (χ4n) is 3.54. The molecule has 100 valence electrons. The first-order valence-corrected chi connectivity index (χ1v) is 8.04. The Labute approximate surface area is 123 Å². The van der Waals surface area contributed by atoms with Crippen LogP contribution in [0.2, 0.25) is 0 Å². The van der Waals surface area contributed by atoms with Gasteiger partial charge in [0.25, 0.3) is 0 Å². The second kappa shape index (κ2) is 5.62. The predicted molar refractivity (Wildman–Crippen MR) is 81.8 cm³/mol. The number of benzene rings is 1. The highest BCUT2D eigenvalue weighted by Gasteiger charge is 2.36. The summed E-state index contributed by atoms with van der Waals surface area (Å²) in [6.07, 6.45) is 9.27. The quantitative estimate of drug-likeness (QED) is 0.701. The van der Waals surface area contributed by atoms with E-state index in [1.807, 2.05) is 18.2 Å². The van der Waals surface area contributed by atoms with Crippen molar-refractivity contribution in [1.82, 2.24) is 0 Å². The van der Waals surface area contributed by atoms with Crippen LogP contribution in [-0.2, 0) is 4.79 Å². The lowest BCUT2D eigenvalue weighted by molar-refractivity contribution is -0.119. The monoisotopic (exact) mass is 318 g/mol. The molecule has 1 nitrogen and oxygen atoms in total. The molecule has 0 radical (unpaired) electrons. The van der Waals surface area contributed by atoms with E-state index in [1.54, 1.807) is 0 Å². The van der Waals surface area contributed by atoms with Crippen molar-refractivity contribution < 1.29 is 4.79 Å². The largest absolute Gasteiger partial charge is 0.294 e. The van der Waals surface area contributed by atoms with Crippen molar-refractivity contribution in [2.75, 3.05) is 0 Å². The summed E-state index contributed by atoms with van der Waals surface area (Å²) in [7, 11) is 0. The van der Waals surface area contributed by atoms with Crippen LogP contribution in [0.5, 0.6) is 0 Å². The Kier molecular flexibility index (Phi) is 3.88. The molecule has 2 fully saturated rings. The molecule has 1 atom stereocenters. The molecule has 0 aromatic heterocycles.